The average Bonchev–Trinajstić information content (AvgIpc) is 3.23. The van der Waals surface area contributed by atoms with Crippen LogP contribution in [0.2, 0.25) is 0 Å². The summed E-state index contributed by atoms with van der Waals surface area (Å²) in [6.07, 6.45) is 9.05. The lowest BCUT2D eigenvalue weighted by atomic mass is 9.66. The molecule has 0 radical (unpaired) electrons. The fourth-order valence-electron chi connectivity index (χ4n) is 5.75. The van der Waals surface area contributed by atoms with Crippen molar-refractivity contribution in [1.82, 2.24) is 0 Å². The van der Waals surface area contributed by atoms with Crippen molar-refractivity contribution in [2.75, 3.05) is 0 Å². The average molecular weight is 461 g/mol. The smallest absolute Gasteiger partial charge is 0.0713 e. The van der Waals surface area contributed by atoms with Crippen LogP contribution in [0.25, 0.3) is 22.4 Å². The monoisotopic (exact) mass is 460 g/mol. The fourth-order valence-corrected chi connectivity index (χ4v) is 5.75. The summed E-state index contributed by atoms with van der Waals surface area (Å²) in [5.41, 5.74) is 8.55. The summed E-state index contributed by atoms with van der Waals surface area (Å²) in [5.74, 6) is 0. The summed E-state index contributed by atoms with van der Waals surface area (Å²) in [5, 5.41) is 2.52. The maximum atomic E-state index is 2.35. The second kappa shape index (κ2) is 9.32. The topological polar surface area (TPSA) is 0 Å². The Kier molecular flexibility index (Phi) is 5.71. The van der Waals surface area contributed by atoms with Gasteiger partial charge in [0.15, 0.2) is 0 Å². The summed E-state index contributed by atoms with van der Waals surface area (Å²) < 4.78 is 0. The molecule has 0 nitrogen and oxygen atoms in total. The van der Waals surface area contributed by atoms with Crippen LogP contribution in [0.5, 0.6) is 0 Å². The number of hydrogen-bond donors (Lipinski definition) is 0. The first-order valence-corrected chi connectivity index (χ1v) is 12.6. The molecule has 36 heavy (non-hydrogen) atoms. The molecule has 0 aliphatic heterocycles. The maximum absolute atomic E-state index is 2.35. The van der Waals surface area contributed by atoms with Gasteiger partial charge in [-0.3, -0.25) is 0 Å². The predicted molar refractivity (Wildman–Crippen MR) is 154 cm³/mol. The van der Waals surface area contributed by atoms with Crippen molar-refractivity contribution in [3.05, 3.63) is 179 Å². The quantitative estimate of drug-likeness (QED) is 0.245. The van der Waals surface area contributed by atoms with Crippen LogP contribution in [0, 0.1) is 0 Å². The van der Waals surface area contributed by atoms with Gasteiger partial charge in [0.25, 0.3) is 0 Å². The summed E-state index contributed by atoms with van der Waals surface area (Å²) in [6, 6.07) is 46.0. The van der Waals surface area contributed by atoms with E-state index in [1.165, 1.54) is 49.7 Å². The molecule has 172 valence electrons. The SMILES string of the molecule is C/C=C/C1=C(C=Cc2ccc3ccccc3c2)C(c2ccccc2)(c2ccccc2)c2ccccc21. The molecule has 1 aliphatic carbocycles. The Morgan fingerprint density at radius 1 is 0.528 bits per heavy atom. The van der Waals surface area contributed by atoms with Crippen molar-refractivity contribution < 1.29 is 0 Å². The zero-order valence-corrected chi connectivity index (χ0v) is 20.4. The molecule has 0 atom stereocenters. The molecule has 0 spiro atoms. The fraction of sp³-hybridized carbons (Fsp3) is 0.0556. The molecule has 0 saturated carbocycles. The van der Waals surface area contributed by atoms with Gasteiger partial charge in [0, 0.05) is 0 Å². The lowest BCUT2D eigenvalue weighted by Crippen LogP contribution is -2.29. The normalized spacial score (nSPS) is 14.7. The second-order valence-corrected chi connectivity index (χ2v) is 9.29. The van der Waals surface area contributed by atoms with Crippen LogP contribution in [0.1, 0.15) is 34.7 Å². The molecule has 0 aromatic heterocycles. The molecule has 0 unspecified atom stereocenters. The molecular weight excluding hydrogens is 432 g/mol. The van der Waals surface area contributed by atoms with Crippen LogP contribution in [0.15, 0.2) is 151 Å². The zero-order chi connectivity index (χ0) is 24.4. The summed E-state index contributed by atoms with van der Waals surface area (Å²) in [4.78, 5) is 0. The largest absolute Gasteiger partial charge is 0.0870 e. The van der Waals surface area contributed by atoms with E-state index in [0.717, 1.165) is 0 Å². The van der Waals surface area contributed by atoms with Gasteiger partial charge in [-0.25, -0.2) is 0 Å². The van der Waals surface area contributed by atoms with E-state index in [2.05, 4.69) is 159 Å². The molecule has 0 saturated heterocycles. The van der Waals surface area contributed by atoms with Crippen molar-refractivity contribution in [2.24, 2.45) is 0 Å². The van der Waals surface area contributed by atoms with E-state index in [9.17, 15) is 0 Å². The Balaban J connectivity index is 1.65. The van der Waals surface area contributed by atoms with Crippen LogP contribution in [-0.2, 0) is 5.41 Å². The molecular formula is C36H28. The first-order valence-electron chi connectivity index (χ1n) is 12.6. The lowest BCUT2D eigenvalue weighted by molar-refractivity contribution is 0.762. The van der Waals surface area contributed by atoms with Gasteiger partial charge in [-0.05, 0) is 62.7 Å². The van der Waals surface area contributed by atoms with Gasteiger partial charge < -0.3 is 0 Å². The molecule has 6 rings (SSSR count). The third kappa shape index (κ3) is 3.54. The van der Waals surface area contributed by atoms with Crippen molar-refractivity contribution >= 4 is 22.4 Å². The Hall–Kier alpha value is -4.42. The maximum Gasteiger partial charge on any atom is 0.0713 e. The summed E-state index contributed by atoms with van der Waals surface area (Å²) >= 11 is 0. The second-order valence-electron chi connectivity index (χ2n) is 9.29. The van der Waals surface area contributed by atoms with E-state index in [-0.39, 0.29) is 0 Å². The highest BCUT2D eigenvalue weighted by Crippen LogP contribution is 2.55. The molecule has 0 fully saturated rings. The minimum Gasteiger partial charge on any atom is -0.0870 e. The number of rotatable bonds is 5. The van der Waals surface area contributed by atoms with E-state index in [0.29, 0.717) is 0 Å². The van der Waals surface area contributed by atoms with Crippen LogP contribution >= 0.6 is 0 Å². The number of fused-ring (bicyclic) bond motifs is 2. The van der Waals surface area contributed by atoms with Gasteiger partial charge in [-0.1, -0.05) is 146 Å². The molecule has 1 aliphatic rings. The highest BCUT2D eigenvalue weighted by Gasteiger charge is 2.46. The Morgan fingerprint density at radius 2 is 1.14 bits per heavy atom. The van der Waals surface area contributed by atoms with E-state index in [4.69, 9.17) is 0 Å². The Morgan fingerprint density at radius 3 is 1.83 bits per heavy atom. The molecule has 0 amide bonds. The lowest BCUT2D eigenvalue weighted by Gasteiger charge is -2.34. The van der Waals surface area contributed by atoms with Crippen LogP contribution in [-0.4, -0.2) is 0 Å². The van der Waals surface area contributed by atoms with E-state index in [1.54, 1.807) is 0 Å². The molecule has 5 aromatic carbocycles. The minimum atomic E-state index is -0.401. The predicted octanol–water partition coefficient (Wildman–Crippen LogP) is 9.23. The van der Waals surface area contributed by atoms with Gasteiger partial charge in [-0.2, -0.15) is 0 Å². The number of benzene rings is 5. The summed E-state index contributed by atoms with van der Waals surface area (Å²) in [7, 11) is 0. The number of hydrogen-bond acceptors (Lipinski definition) is 0. The van der Waals surface area contributed by atoms with Gasteiger partial charge in [0.05, 0.1) is 5.41 Å². The molecule has 0 heteroatoms. The summed E-state index contributed by atoms with van der Waals surface area (Å²) in [6.45, 7) is 2.10. The molecule has 5 aromatic rings. The van der Waals surface area contributed by atoms with E-state index in [1.807, 2.05) is 0 Å². The third-order valence-corrected chi connectivity index (χ3v) is 7.28. The highest BCUT2D eigenvalue weighted by atomic mass is 14.5. The van der Waals surface area contributed by atoms with Crippen molar-refractivity contribution in [1.29, 1.82) is 0 Å². The minimum absolute atomic E-state index is 0.401. The van der Waals surface area contributed by atoms with Crippen LogP contribution < -0.4 is 0 Å². The van der Waals surface area contributed by atoms with Crippen molar-refractivity contribution in [3.8, 4) is 0 Å². The standard InChI is InChI=1S/C36H28/c1-2-13-32-33-20-11-12-21-34(33)36(30-16-5-3-6-17-30,31-18-7-4-8-19-31)35(32)25-23-27-22-24-28-14-9-10-15-29(28)26-27/h2-26H,1H3/b13-2+,25-23?. The van der Waals surface area contributed by atoms with Gasteiger partial charge in [0.1, 0.15) is 0 Å². The van der Waals surface area contributed by atoms with Gasteiger partial charge in [-0.15, -0.1) is 0 Å². The van der Waals surface area contributed by atoms with E-state index >= 15 is 0 Å². The molecule has 0 bridgehead atoms. The van der Waals surface area contributed by atoms with Crippen LogP contribution in [0.4, 0.5) is 0 Å². The van der Waals surface area contributed by atoms with Crippen molar-refractivity contribution in [3.63, 3.8) is 0 Å². The molecule has 0 N–H and O–H groups in total. The first-order chi connectivity index (χ1) is 17.8. The highest BCUT2D eigenvalue weighted by molar-refractivity contribution is 5.93. The van der Waals surface area contributed by atoms with Crippen LogP contribution in [0.3, 0.4) is 0 Å². The third-order valence-electron chi connectivity index (χ3n) is 7.28. The van der Waals surface area contributed by atoms with Crippen molar-refractivity contribution in [2.45, 2.75) is 12.3 Å². The van der Waals surface area contributed by atoms with Gasteiger partial charge >= 0.3 is 0 Å². The first kappa shape index (κ1) is 22.1. The van der Waals surface area contributed by atoms with E-state index < -0.39 is 5.41 Å². The Labute approximate surface area is 213 Å². The number of allylic oxidation sites excluding steroid dienone is 5. The Bertz CT molecular complexity index is 1580. The van der Waals surface area contributed by atoms with Gasteiger partial charge in [0.2, 0.25) is 0 Å². The molecule has 0 heterocycles. The zero-order valence-electron chi connectivity index (χ0n) is 20.4.